The summed E-state index contributed by atoms with van der Waals surface area (Å²) in [6.45, 7) is 4.54. The first-order valence-electron chi connectivity index (χ1n) is 7.48. The van der Waals surface area contributed by atoms with Gasteiger partial charge in [-0.05, 0) is 24.6 Å². The Labute approximate surface area is 149 Å². The van der Waals surface area contributed by atoms with E-state index in [2.05, 4.69) is 32.2 Å². The molecule has 26 heavy (non-hydrogen) atoms. The van der Waals surface area contributed by atoms with Crippen LogP contribution >= 0.6 is 0 Å². The van der Waals surface area contributed by atoms with Gasteiger partial charge in [0.05, 0.1) is 22.5 Å². The number of halogens is 2. The van der Waals surface area contributed by atoms with E-state index >= 15 is 0 Å². The third-order valence-corrected chi connectivity index (χ3v) is 3.48. The van der Waals surface area contributed by atoms with E-state index in [9.17, 15) is 8.78 Å². The summed E-state index contributed by atoms with van der Waals surface area (Å²) in [4.78, 5) is 12.1. The maximum absolute atomic E-state index is 14.2. The van der Waals surface area contributed by atoms with Crippen LogP contribution in [0.4, 0.5) is 20.5 Å². The number of nitrogens with two attached hydrogens (primary N) is 1. The van der Waals surface area contributed by atoms with Crippen LogP contribution in [0.1, 0.15) is 23.7 Å². The number of anilines is 2. The molecule has 9 heteroatoms. The molecule has 2 aromatic heterocycles. The molecule has 0 aromatic carbocycles. The maximum Gasteiger partial charge on any atom is 0.299 e. The molecule has 0 aliphatic rings. The molecule has 0 atom stereocenters. The molecule has 4 N–H and O–H groups in total. The highest BCUT2D eigenvalue weighted by Crippen LogP contribution is 2.37. The highest BCUT2D eigenvalue weighted by molar-refractivity contribution is 5.72. The number of hydrogen-bond acceptors (Lipinski definition) is 7. The topological polar surface area (TPSA) is 113 Å². The van der Waals surface area contributed by atoms with Gasteiger partial charge in [0.25, 0.3) is 5.92 Å². The highest BCUT2D eigenvalue weighted by Gasteiger charge is 2.36. The molecule has 0 fully saturated rings. The van der Waals surface area contributed by atoms with Gasteiger partial charge < -0.3 is 16.4 Å². The van der Waals surface area contributed by atoms with Crippen LogP contribution < -0.4 is 16.4 Å². The molecule has 7 nitrogen and oxygen atoms in total. The van der Waals surface area contributed by atoms with Gasteiger partial charge in [-0.3, -0.25) is 4.98 Å². The van der Waals surface area contributed by atoms with E-state index in [1.54, 1.807) is 12.1 Å². The number of alkyl halides is 2. The average molecular weight is 357 g/mol. The number of aromatic nitrogens is 3. The zero-order chi connectivity index (χ0) is 19.3. The summed E-state index contributed by atoms with van der Waals surface area (Å²) in [6.07, 6.45) is 3.65. The van der Waals surface area contributed by atoms with Crippen LogP contribution in [0.2, 0.25) is 0 Å². The van der Waals surface area contributed by atoms with E-state index in [0.29, 0.717) is 17.0 Å². The lowest BCUT2D eigenvalue weighted by molar-refractivity contribution is 0.0387. The SMILES string of the molecule is C=C(C)C(F)(F)c1cnc(NC(=CN)c2ccc(C#N)cn2)nc1NC. The van der Waals surface area contributed by atoms with Gasteiger partial charge in [0, 0.05) is 25.6 Å². The molecule has 0 unspecified atom stereocenters. The van der Waals surface area contributed by atoms with Gasteiger partial charge in [0.15, 0.2) is 0 Å². The minimum Gasteiger partial charge on any atom is -0.403 e. The standard InChI is InChI=1S/C17H17F2N7/c1-10(2)17(18,19)12-9-24-16(26-15(12)22-3)25-14(7-21)13-5-4-11(6-20)8-23-13/h4-5,7-9H,1,21H2,2-3H3,(H2,22,24,25,26). The van der Waals surface area contributed by atoms with Crippen molar-refractivity contribution < 1.29 is 8.78 Å². The fourth-order valence-corrected chi connectivity index (χ4v) is 2.02. The Bertz CT molecular complexity index is 883. The van der Waals surface area contributed by atoms with Crippen LogP contribution in [0.5, 0.6) is 0 Å². The number of hydrogen-bond donors (Lipinski definition) is 3. The van der Waals surface area contributed by atoms with Gasteiger partial charge in [-0.1, -0.05) is 6.58 Å². The Morgan fingerprint density at radius 1 is 1.35 bits per heavy atom. The van der Waals surface area contributed by atoms with E-state index in [1.165, 1.54) is 26.4 Å². The molecule has 134 valence electrons. The summed E-state index contributed by atoms with van der Waals surface area (Å²) in [5, 5.41) is 14.3. The summed E-state index contributed by atoms with van der Waals surface area (Å²) >= 11 is 0. The Morgan fingerprint density at radius 2 is 2.08 bits per heavy atom. The molecule has 0 bridgehead atoms. The molecule has 2 heterocycles. The summed E-state index contributed by atoms with van der Waals surface area (Å²) in [6, 6.07) is 5.12. The Balaban J connectivity index is 2.34. The molecule has 0 amide bonds. The first-order valence-corrected chi connectivity index (χ1v) is 7.48. The van der Waals surface area contributed by atoms with Gasteiger partial charge in [-0.2, -0.15) is 19.0 Å². The predicted octanol–water partition coefficient (Wildman–Crippen LogP) is 2.82. The minimum absolute atomic E-state index is 0.0420. The van der Waals surface area contributed by atoms with Crippen molar-refractivity contribution in [3.05, 3.63) is 59.7 Å². The van der Waals surface area contributed by atoms with Gasteiger partial charge >= 0.3 is 0 Å². The molecule has 2 aromatic rings. The maximum atomic E-state index is 14.2. The molecule has 0 aliphatic heterocycles. The minimum atomic E-state index is -3.27. The lowest BCUT2D eigenvalue weighted by Crippen LogP contribution is -2.19. The van der Waals surface area contributed by atoms with Gasteiger partial charge in [0.1, 0.15) is 11.9 Å². The summed E-state index contributed by atoms with van der Waals surface area (Å²) in [5.74, 6) is -3.25. The van der Waals surface area contributed by atoms with Crippen LogP contribution in [0.3, 0.4) is 0 Å². The van der Waals surface area contributed by atoms with E-state index < -0.39 is 5.92 Å². The van der Waals surface area contributed by atoms with Gasteiger partial charge in [-0.15, -0.1) is 0 Å². The molecule has 0 saturated heterocycles. The lowest BCUT2D eigenvalue weighted by Gasteiger charge is -2.19. The number of allylic oxidation sites excluding steroid dienone is 1. The molecule has 0 radical (unpaired) electrons. The molecular formula is C17H17F2N7. The van der Waals surface area contributed by atoms with Crippen molar-refractivity contribution in [1.82, 2.24) is 15.0 Å². The monoisotopic (exact) mass is 357 g/mol. The molecule has 0 saturated carbocycles. The Hall–Kier alpha value is -3.54. The molecule has 0 aliphatic carbocycles. The summed E-state index contributed by atoms with van der Waals surface area (Å²) < 4.78 is 28.4. The van der Waals surface area contributed by atoms with Crippen LogP contribution in [-0.2, 0) is 5.92 Å². The number of nitriles is 1. The van der Waals surface area contributed by atoms with Crippen LogP contribution in [0.15, 0.2) is 42.9 Å². The Morgan fingerprint density at radius 3 is 2.58 bits per heavy atom. The number of nitrogens with zero attached hydrogens (tertiary/aromatic N) is 4. The molecule has 2 rings (SSSR count). The Kier molecular flexibility index (Phi) is 5.47. The third-order valence-electron chi connectivity index (χ3n) is 3.48. The zero-order valence-electron chi connectivity index (χ0n) is 14.2. The highest BCUT2D eigenvalue weighted by atomic mass is 19.3. The first kappa shape index (κ1) is 18.8. The quantitative estimate of drug-likeness (QED) is 0.681. The van der Waals surface area contributed by atoms with E-state index in [-0.39, 0.29) is 22.9 Å². The van der Waals surface area contributed by atoms with Crippen molar-refractivity contribution in [1.29, 1.82) is 5.26 Å². The van der Waals surface area contributed by atoms with Crippen molar-refractivity contribution in [3.63, 3.8) is 0 Å². The molecular weight excluding hydrogens is 340 g/mol. The second-order valence-corrected chi connectivity index (χ2v) is 5.31. The second-order valence-electron chi connectivity index (χ2n) is 5.31. The average Bonchev–Trinajstić information content (AvgIpc) is 2.65. The van der Waals surface area contributed by atoms with Crippen molar-refractivity contribution in [2.45, 2.75) is 12.8 Å². The number of rotatable bonds is 6. The van der Waals surface area contributed by atoms with Crippen molar-refractivity contribution in [3.8, 4) is 6.07 Å². The van der Waals surface area contributed by atoms with Crippen LogP contribution in [0.25, 0.3) is 5.70 Å². The van der Waals surface area contributed by atoms with Crippen LogP contribution in [-0.4, -0.2) is 22.0 Å². The third kappa shape index (κ3) is 3.75. The van der Waals surface area contributed by atoms with Crippen molar-refractivity contribution in [2.75, 3.05) is 17.7 Å². The smallest absolute Gasteiger partial charge is 0.299 e. The largest absolute Gasteiger partial charge is 0.403 e. The van der Waals surface area contributed by atoms with Gasteiger partial charge in [-0.25, -0.2) is 4.98 Å². The van der Waals surface area contributed by atoms with E-state index in [0.717, 1.165) is 6.20 Å². The molecule has 0 spiro atoms. The zero-order valence-corrected chi connectivity index (χ0v) is 14.2. The fourth-order valence-electron chi connectivity index (χ4n) is 2.02. The fraction of sp³-hybridized carbons (Fsp3) is 0.176. The summed E-state index contributed by atoms with van der Waals surface area (Å²) in [5.41, 5.74) is 6.09. The first-order chi connectivity index (χ1) is 12.3. The number of nitrogens with one attached hydrogen (secondary N) is 2. The van der Waals surface area contributed by atoms with Crippen molar-refractivity contribution >= 4 is 17.5 Å². The van der Waals surface area contributed by atoms with E-state index in [4.69, 9.17) is 11.0 Å². The normalized spacial score (nSPS) is 11.6. The van der Waals surface area contributed by atoms with Crippen molar-refractivity contribution in [2.24, 2.45) is 5.73 Å². The van der Waals surface area contributed by atoms with E-state index in [1.807, 2.05) is 6.07 Å². The van der Waals surface area contributed by atoms with Crippen LogP contribution in [0, 0.1) is 11.3 Å². The summed E-state index contributed by atoms with van der Waals surface area (Å²) in [7, 11) is 1.48. The second kappa shape index (κ2) is 7.57. The van der Waals surface area contributed by atoms with Gasteiger partial charge in [0.2, 0.25) is 5.95 Å². The number of pyridine rings is 1. The predicted molar refractivity (Wildman–Crippen MR) is 95.0 cm³/mol. The lowest BCUT2D eigenvalue weighted by atomic mass is 10.1.